The van der Waals surface area contributed by atoms with Gasteiger partial charge in [-0.05, 0) is 36.8 Å². The van der Waals surface area contributed by atoms with E-state index in [9.17, 15) is 9.18 Å². The summed E-state index contributed by atoms with van der Waals surface area (Å²) in [7, 11) is 0. The molecule has 0 radical (unpaired) electrons. The minimum atomic E-state index is -0.360. The third-order valence-corrected chi connectivity index (χ3v) is 3.07. The van der Waals surface area contributed by atoms with Crippen LogP contribution in [0.15, 0.2) is 48.5 Å². The van der Waals surface area contributed by atoms with Crippen LogP contribution < -0.4 is 10.1 Å². The molecule has 0 heterocycles. The highest BCUT2D eigenvalue weighted by molar-refractivity contribution is 5.78. The summed E-state index contributed by atoms with van der Waals surface area (Å²) in [5.41, 5.74) is 1.22. The van der Waals surface area contributed by atoms with Gasteiger partial charge >= 0.3 is 0 Å². The van der Waals surface area contributed by atoms with Crippen LogP contribution in [0.5, 0.6) is 5.75 Å². The van der Waals surface area contributed by atoms with E-state index in [1.165, 1.54) is 6.07 Å². The van der Waals surface area contributed by atoms with Gasteiger partial charge in [0.05, 0.1) is 25.1 Å². The molecule has 3 nitrogen and oxygen atoms in total. The molecule has 23 heavy (non-hydrogen) atoms. The number of halogens is 1. The number of amides is 1. The molecule has 118 valence electrons. The Labute approximate surface area is 135 Å². The number of benzene rings is 2. The second kappa shape index (κ2) is 8.60. The molecular formula is C19H18FNO2. The number of carbonyl (C=O) groups excluding carboxylic acids is 1. The van der Waals surface area contributed by atoms with Crippen molar-refractivity contribution in [1.29, 1.82) is 0 Å². The molecule has 1 amide bonds. The molecule has 2 rings (SSSR count). The molecule has 0 aliphatic heterocycles. The topological polar surface area (TPSA) is 38.3 Å². The third-order valence-electron chi connectivity index (χ3n) is 3.07. The Morgan fingerprint density at radius 2 is 1.91 bits per heavy atom. The molecule has 0 unspecified atom stereocenters. The summed E-state index contributed by atoms with van der Waals surface area (Å²) in [6.07, 6.45) is 0.272. The van der Waals surface area contributed by atoms with Crippen LogP contribution in [0.3, 0.4) is 0 Å². The minimum absolute atomic E-state index is 0.128. The second-order valence-electron chi connectivity index (χ2n) is 4.81. The first-order valence-electron chi connectivity index (χ1n) is 7.41. The van der Waals surface area contributed by atoms with Crippen molar-refractivity contribution in [2.24, 2.45) is 0 Å². The molecule has 0 bridgehead atoms. The first kappa shape index (κ1) is 16.6. The van der Waals surface area contributed by atoms with Crippen molar-refractivity contribution in [3.8, 4) is 17.6 Å². The van der Waals surface area contributed by atoms with Crippen LogP contribution in [0.1, 0.15) is 18.1 Å². The van der Waals surface area contributed by atoms with E-state index in [0.29, 0.717) is 12.2 Å². The Hall–Kier alpha value is -2.80. The van der Waals surface area contributed by atoms with E-state index in [1.807, 2.05) is 31.2 Å². The van der Waals surface area contributed by atoms with Gasteiger partial charge in [-0.2, -0.15) is 0 Å². The first-order valence-corrected chi connectivity index (χ1v) is 7.41. The summed E-state index contributed by atoms with van der Waals surface area (Å²) in [4.78, 5) is 11.8. The summed E-state index contributed by atoms with van der Waals surface area (Å²) in [6.45, 7) is 2.72. The van der Waals surface area contributed by atoms with Gasteiger partial charge in [-0.25, -0.2) is 4.39 Å². The zero-order valence-electron chi connectivity index (χ0n) is 12.9. The molecule has 2 aromatic carbocycles. The van der Waals surface area contributed by atoms with E-state index < -0.39 is 0 Å². The lowest BCUT2D eigenvalue weighted by molar-refractivity contribution is -0.120. The number of hydrogen-bond donors (Lipinski definition) is 1. The molecule has 1 N–H and O–H groups in total. The van der Waals surface area contributed by atoms with Gasteiger partial charge in [0.1, 0.15) is 11.6 Å². The number of carbonyl (C=O) groups is 1. The predicted octanol–water partition coefficient (Wildman–Crippen LogP) is 2.93. The summed E-state index contributed by atoms with van der Waals surface area (Å²) in [5.74, 6) is 5.74. The van der Waals surface area contributed by atoms with Gasteiger partial charge in [-0.3, -0.25) is 4.79 Å². The Balaban J connectivity index is 1.80. The summed E-state index contributed by atoms with van der Waals surface area (Å²) in [6, 6.07) is 13.7. The maximum absolute atomic E-state index is 13.4. The fourth-order valence-corrected chi connectivity index (χ4v) is 1.96. The van der Waals surface area contributed by atoms with Crippen LogP contribution in [0.25, 0.3) is 0 Å². The standard InChI is InChI=1S/C19H18FNO2/c1-2-23-17-11-9-15(10-12-17)14-19(22)21-13-5-7-16-6-3-4-8-18(16)20/h3-4,6,8-12H,2,13-14H2,1H3,(H,21,22). The molecule has 0 saturated carbocycles. The number of nitrogens with one attached hydrogen (secondary N) is 1. The zero-order valence-corrected chi connectivity index (χ0v) is 12.9. The molecule has 2 aromatic rings. The largest absolute Gasteiger partial charge is 0.494 e. The van der Waals surface area contributed by atoms with Crippen LogP contribution >= 0.6 is 0 Å². The molecule has 4 heteroatoms. The SMILES string of the molecule is CCOc1ccc(CC(=O)NCC#Cc2ccccc2F)cc1. The molecule has 0 aromatic heterocycles. The number of ether oxygens (including phenoxy) is 1. The van der Waals surface area contributed by atoms with E-state index in [0.717, 1.165) is 11.3 Å². The highest BCUT2D eigenvalue weighted by Crippen LogP contribution is 2.12. The van der Waals surface area contributed by atoms with E-state index >= 15 is 0 Å². The van der Waals surface area contributed by atoms with Crippen molar-refractivity contribution in [3.63, 3.8) is 0 Å². The van der Waals surface area contributed by atoms with Crippen molar-refractivity contribution in [2.75, 3.05) is 13.2 Å². The van der Waals surface area contributed by atoms with Crippen molar-refractivity contribution >= 4 is 5.91 Å². The van der Waals surface area contributed by atoms with E-state index in [1.54, 1.807) is 18.2 Å². The molecule has 0 atom stereocenters. The van der Waals surface area contributed by atoms with Gasteiger partial charge in [0.15, 0.2) is 0 Å². The van der Waals surface area contributed by atoms with Gasteiger partial charge in [0.25, 0.3) is 0 Å². The number of hydrogen-bond acceptors (Lipinski definition) is 2. The average Bonchev–Trinajstić information content (AvgIpc) is 2.55. The van der Waals surface area contributed by atoms with Gasteiger partial charge in [-0.15, -0.1) is 0 Å². The van der Waals surface area contributed by atoms with Crippen LogP contribution in [-0.4, -0.2) is 19.1 Å². The first-order chi connectivity index (χ1) is 11.2. The minimum Gasteiger partial charge on any atom is -0.494 e. The molecule has 0 saturated heterocycles. The molecule has 0 aliphatic rings. The van der Waals surface area contributed by atoms with Crippen LogP contribution in [0, 0.1) is 17.7 Å². The fourth-order valence-electron chi connectivity index (χ4n) is 1.96. The second-order valence-corrected chi connectivity index (χ2v) is 4.81. The molecular weight excluding hydrogens is 293 g/mol. The number of rotatable bonds is 5. The van der Waals surface area contributed by atoms with Crippen LogP contribution in [0.2, 0.25) is 0 Å². The maximum Gasteiger partial charge on any atom is 0.225 e. The van der Waals surface area contributed by atoms with Gasteiger partial charge in [0, 0.05) is 0 Å². The van der Waals surface area contributed by atoms with E-state index in [2.05, 4.69) is 17.2 Å². The van der Waals surface area contributed by atoms with Gasteiger partial charge in [0.2, 0.25) is 5.91 Å². The predicted molar refractivity (Wildman–Crippen MR) is 87.6 cm³/mol. The lowest BCUT2D eigenvalue weighted by atomic mass is 10.1. The summed E-state index contributed by atoms with van der Waals surface area (Å²) >= 11 is 0. The molecule has 0 fully saturated rings. The lowest BCUT2D eigenvalue weighted by Crippen LogP contribution is -2.25. The van der Waals surface area contributed by atoms with Crippen molar-refractivity contribution in [3.05, 3.63) is 65.5 Å². The summed E-state index contributed by atoms with van der Waals surface area (Å²) < 4.78 is 18.7. The Kier molecular flexibility index (Phi) is 6.19. The highest BCUT2D eigenvalue weighted by atomic mass is 19.1. The van der Waals surface area contributed by atoms with Crippen molar-refractivity contribution < 1.29 is 13.9 Å². The van der Waals surface area contributed by atoms with Crippen molar-refractivity contribution in [2.45, 2.75) is 13.3 Å². The zero-order chi connectivity index (χ0) is 16.5. The smallest absolute Gasteiger partial charge is 0.225 e. The van der Waals surface area contributed by atoms with Crippen molar-refractivity contribution in [1.82, 2.24) is 5.32 Å². The Bertz CT molecular complexity index is 714. The molecule has 0 spiro atoms. The average molecular weight is 311 g/mol. The third kappa shape index (κ3) is 5.48. The van der Waals surface area contributed by atoms with E-state index in [4.69, 9.17) is 4.74 Å². The molecule has 0 aliphatic carbocycles. The fraction of sp³-hybridized carbons (Fsp3) is 0.211. The van der Waals surface area contributed by atoms with E-state index in [-0.39, 0.29) is 24.7 Å². The normalized spacial score (nSPS) is 9.65. The Morgan fingerprint density at radius 1 is 1.17 bits per heavy atom. The quantitative estimate of drug-likeness (QED) is 0.862. The maximum atomic E-state index is 13.4. The highest BCUT2D eigenvalue weighted by Gasteiger charge is 2.02. The summed E-state index contributed by atoms with van der Waals surface area (Å²) in [5, 5.41) is 2.69. The monoisotopic (exact) mass is 311 g/mol. The van der Waals surface area contributed by atoms with Crippen LogP contribution in [0.4, 0.5) is 4.39 Å². The van der Waals surface area contributed by atoms with Crippen LogP contribution in [-0.2, 0) is 11.2 Å². The Morgan fingerprint density at radius 3 is 2.61 bits per heavy atom. The van der Waals surface area contributed by atoms with Gasteiger partial charge < -0.3 is 10.1 Å². The van der Waals surface area contributed by atoms with Gasteiger partial charge in [-0.1, -0.05) is 36.1 Å². The lowest BCUT2D eigenvalue weighted by Gasteiger charge is -2.05.